The lowest BCUT2D eigenvalue weighted by Crippen LogP contribution is -2.21. The Morgan fingerprint density at radius 2 is 2.24 bits per heavy atom. The molecule has 2 N–H and O–H groups in total. The highest BCUT2D eigenvalue weighted by atomic mass is 19.1. The quantitative estimate of drug-likeness (QED) is 0.632. The molecule has 0 heterocycles. The molecule has 0 aromatic heterocycles. The molecule has 5 heteroatoms. The highest BCUT2D eigenvalue weighted by Gasteiger charge is 2.16. The van der Waals surface area contributed by atoms with E-state index in [2.05, 4.69) is 0 Å². The first-order valence-corrected chi connectivity index (χ1v) is 5.38. The first kappa shape index (κ1) is 13.4. The smallest absolute Gasteiger partial charge is 0.341 e. The van der Waals surface area contributed by atoms with Crippen molar-refractivity contribution in [3.05, 3.63) is 29.6 Å². The number of anilines is 1. The zero-order valence-electron chi connectivity index (χ0n) is 9.90. The molecule has 1 atom stereocenters. The molecule has 1 aromatic rings. The van der Waals surface area contributed by atoms with Gasteiger partial charge in [-0.1, -0.05) is 0 Å². The van der Waals surface area contributed by atoms with E-state index in [1.54, 1.807) is 6.92 Å². The molecule has 0 aliphatic rings. The third-order valence-corrected chi connectivity index (χ3v) is 2.08. The first-order valence-electron chi connectivity index (χ1n) is 5.38. The SMILES string of the molecule is CCOCC(C)OC(=O)c1cc(N)ccc1F. The van der Waals surface area contributed by atoms with E-state index in [1.807, 2.05) is 6.92 Å². The summed E-state index contributed by atoms with van der Waals surface area (Å²) in [5, 5.41) is 0. The van der Waals surface area contributed by atoms with Gasteiger partial charge in [-0.15, -0.1) is 0 Å². The van der Waals surface area contributed by atoms with Gasteiger partial charge < -0.3 is 15.2 Å². The second-order valence-electron chi connectivity index (χ2n) is 3.61. The lowest BCUT2D eigenvalue weighted by molar-refractivity contribution is 0.00401. The van der Waals surface area contributed by atoms with Crippen molar-refractivity contribution in [2.24, 2.45) is 0 Å². The normalized spacial score (nSPS) is 12.2. The molecule has 94 valence electrons. The van der Waals surface area contributed by atoms with E-state index in [1.165, 1.54) is 12.1 Å². The zero-order chi connectivity index (χ0) is 12.8. The number of benzene rings is 1. The van der Waals surface area contributed by atoms with Crippen LogP contribution < -0.4 is 5.73 Å². The van der Waals surface area contributed by atoms with Gasteiger partial charge in [-0.3, -0.25) is 0 Å². The van der Waals surface area contributed by atoms with E-state index in [-0.39, 0.29) is 12.2 Å². The summed E-state index contributed by atoms with van der Waals surface area (Å²) in [5.74, 6) is -1.38. The lowest BCUT2D eigenvalue weighted by Gasteiger charge is -2.13. The van der Waals surface area contributed by atoms with Gasteiger partial charge >= 0.3 is 5.97 Å². The van der Waals surface area contributed by atoms with E-state index < -0.39 is 17.9 Å². The van der Waals surface area contributed by atoms with E-state index in [4.69, 9.17) is 15.2 Å². The zero-order valence-corrected chi connectivity index (χ0v) is 9.90. The molecule has 0 aliphatic heterocycles. The highest BCUT2D eigenvalue weighted by Crippen LogP contribution is 2.14. The molecular weight excluding hydrogens is 225 g/mol. The monoisotopic (exact) mass is 241 g/mol. The number of carbonyl (C=O) groups is 1. The molecule has 0 fully saturated rings. The van der Waals surface area contributed by atoms with Crippen molar-refractivity contribution in [2.75, 3.05) is 18.9 Å². The van der Waals surface area contributed by atoms with E-state index in [0.717, 1.165) is 6.07 Å². The van der Waals surface area contributed by atoms with Crippen LogP contribution in [-0.2, 0) is 9.47 Å². The maximum Gasteiger partial charge on any atom is 0.341 e. The molecule has 1 aromatic carbocycles. The van der Waals surface area contributed by atoms with Gasteiger partial charge in [0.25, 0.3) is 0 Å². The predicted molar refractivity (Wildman–Crippen MR) is 62.2 cm³/mol. The summed E-state index contributed by atoms with van der Waals surface area (Å²) in [6, 6.07) is 3.78. The topological polar surface area (TPSA) is 61.5 Å². The second-order valence-corrected chi connectivity index (χ2v) is 3.61. The highest BCUT2D eigenvalue weighted by molar-refractivity contribution is 5.90. The van der Waals surface area contributed by atoms with Crippen molar-refractivity contribution in [2.45, 2.75) is 20.0 Å². The van der Waals surface area contributed by atoms with Crippen LogP contribution in [0.2, 0.25) is 0 Å². The van der Waals surface area contributed by atoms with Gasteiger partial charge in [0.1, 0.15) is 11.9 Å². The Hall–Kier alpha value is -1.62. The lowest BCUT2D eigenvalue weighted by atomic mass is 10.2. The molecule has 17 heavy (non-hydrogen) atoms. The standard InChI is InChI=1S/C12H16FNO3/c1-3-16-7-8(2)17-12(15)10-6-9(14)4-5-11(10)13/h4-6,8H,3,7,14H2,1-2H3. The van der Waals surface area contributed by atoms with E-state index >= 15 is 0 Å². The fraction of sp³-hybridized carbons (Fsp3) is 0.417. The summed E-state index contributed by atoms with van der Waals surface area (Å²) in [7, 11) is 0. The van der Waals surface area contributed by atoms with E-state index in [9.17, 15) is 9.18 Å². The third-order valence-electron chi connectivity index (χ3n) is 2.08. The molecule has 4 nitrogen and oxygen atoms in total. The minimum absolute atomic E-state index is 0.159. The number of hydrogen-bond acceptors (Lipinski definition) is 4. The molecule has 0 aliphatic carbocycles. The number of esters is 1. The van der Waals surface area contributed by atoms with Gasteiger partial charge in [-0.05, 0) is 32.0 Å². The summed E-state index contributed by atoms with van der Waals surface area (Å²) >= 11 is 0. The molecule has 0 bridgehead atoms. The van der Waals surface area contributed by atoms with Crippen LogP contribution in [0.25, 0.3) is 0 Å². The molecule has 0 spiro atoms. The number of nitrogen functional groups attached to an aromatic ring is 1. The molecule has 0 saturated carbocycles. The van der Waals surface area contributed by atoms with Gasteiger partial charge in [0.15, 0.2) is 0 Å². The van der Waals surface area contributed by atoms with Crippen LogP contribution in [0.5, 0.6) is 0 Å². The predicted octanol–water partition coefficient (Wildman–Crippen LogP) is 1.99. The third kappa shape index (κ3) is 4.03. The Kier molecular flexibility index (Phi) is 4.90. The minimum atomic E-state index is -0.734. The molecule has 0 amide bonds. The van der Waals surface area contributed by atoms with Gasteiger partial charge in [0.05, 0.1) is 12.2 Å². The van der Waals surface area contributed by atoms with Crippen LogP contribution in [-0.4, -0.2) is 25.3 Å². The maximum absolute atomic E-state index is 13.3. The Labute approximate surface area is 99.5 Å². The minimum Gasteiger partial charge on any atom is -0.457 e. The maximum atomic E-state index is 13.3. The van der Waals surface area contributed by atoms with Gasteiger partial charge in [0.2, 0.25) is 0 Å². The van der Waals surface area contributed by atoms with Crippen molar-refractivity contribution in [1.29, 1.82) is 0 Å². The number of ether oxygens (including phenoxy) is 2. The summed E-state index contributed by atoms with van der Waals surface area (Å²) < 4.78 is 23.4. The van der Waals surface area contributed by atoms with Crippen LogP contribution in [0.3, 0.4) is 0 Å². The molecule has 0 radical (unpaired) electrons. The van der Waals surface area contributed by atoms with Crippen molar-refractivity contribution in [3.8, 4) is 0 Å². The first-order chi connectivity index (χ1) is 8.04. The van der Waals surface area contributed by atoms with Crippen LogP contribution in [0.4, 0.5) is 10.1 Å². The van der Waals surface area contributed by atoms with Gasteiger partial charge in [-0.25, -0.2) is 9.18 Å². The number of carbonyl (C=O) groups excluding carboxylic acids is 1. The largest absolute Gasteiger partial charge is 0.457 e. The van der Waals surface area contributed by atoms with Crippen molar-refractivity contribution in [3.63, 3.8) is 0 Å². The summed E-state index contributed by atoms with van der Waals surface area (Å²) in [5.41, 5.74) is 5.63. The average molecular weight is 241 g/mol. The molecular formula is C12H16FNO3. The van der Waals surface area contributed by atoms with Gasteiger partial charge in [0, 0.05) is 12.3 Å². The summed E-state index contributed by atoms with van der Waals surface area (Å²) in [6.07, 6.45) is -0.428. The van der Waals surface area contributed by atoms with E-state index in [0.29, 0.717) is 12.3 Å². The number of nitrogens with two attached hydrogens (primary N) is 1. The molecule has 0 saturated heterocycles. The summed E-state index contributed by atoms with van der Waals surface area (Å²) in [4.78, 5) is 11.6. The fourth-order valence-corrected chi connectivity index (χ4v) is 1.26. The van der Waals surface area contributed by atoms with Crippen molar-refractivity contribution in [1.82, 2.24) is 0 Å². The number of halogens is 1. The Morgan fingerprint density at radius 1 is 1.53 bits per heavy atom. The van der Waals surface area contributed by atoms with Crippen LogP contribution in [0.1, 0.15) is 24.2 Å². The Balaban J connectivity index is 2.66. The van der Waals surface area contributed by atoms with Crippen molar-refractivity contribution < 1.29 is 18.7 Å². The second kappa shape index (κ2) is 6.20. The van der Waals surface area contributed by atoms with Crippen LogP contribution in [0.15, 0.2) is 18.2 Å². The van der Waals surface area contributed by atoms with Gasteiger partial charge in [-0.2, -0.15) is 0 Å². The van der Waals surface area contributed by atoms with Crippen LogP contribution >= 0.6 is 0 Å². The Morgan fingerprint density at radius 3 is 2.88 bits per heavy atom. The summed E-state index contributed by atoms with van der Waals surface area (Å²) in [6.45, 7) is 4.34. The Bertz CT molecular complexity index is 395. The van der Waals surface area contributed by atoms with Crippen molar-refractivity contribution >= 4 is 11.7 Å². The number of hydrogen-bond donors (Lipinski definition) is 1. The molecule has 1 rings (SSSR count). The number of rotatable bonds is 5. The molecule has 1 unspecified atom stereocenters. The average Bonchev–Trinajstić information content (AvgIpc) is 2.29. The fourth-order valence-electron chi connectivity index (χ4n) is 1.26. The van der Waals surface area contributed by atoms with Crippen LogP contribution in [0, 0.1) is 5.82 Å².